The van der Waals surface area contributed by atoms with E-state index in [0.29, 0.717) is 19.3 Å². The maximum absolute atomic E-state index is 12.6. The van der Waals surface area contributed by atoms with Crippen LogP contribution in [0.4, 0.5) is 0 Å². The molecule has 0 unspecified atom stereocenters. The maximum atomic E-state index is 12.6. The summed E-state index contributed by atoms with van der Waals surface area (Å²) >= 11 is 0. The first-order valence-electron chi connectivity index (χ1n) is 12.2. The Kier molecular flexibility index (Phi) is 8.87. The van der Waals surface area contributed by atoms with Gasteiger partial charge in [0.25, 0.3) is 0 Å². The molecule has 1 aliphatic rings. The molecular weight excluding hydrogens is 456 g/mol. The Bertz CT molecular complexity index is 978. The van der Waals surface area contributed by atoms with Gasteiger partial charge in [-0.25, -0.2) is 0 Å². The molecule has 0 radical (unpaired) electrons. The summed E-state index contributed by atoms with van der Waals surface area (Å²) < 4.78 is 17.2. The molecule has 3 aromatic rings. The third kappa shape index (κ3) is 8.08. The number of carbonyl (C=O) groups is 3. The van der Waals surface area contributed by atoms with Crippen molar-refractivity contribution < 1.29 is 28.6 Å². The van der Waals surface area contributed by atoms with E-state index in [4.69, 9.17) is 14.2 Å². The van der Waals surface area contributed by atoms with Crippen LogP contribution in [0.5, 0.6) is 0 Å². The van der Waals surface area contributed by atoms with Gasteiger partial charge in [0.2, 0.25) is 0 Å². The molecule has 0 aliphatic heterocycles. The van der Waals surface area contributed by atoms with Gasteiger partial charge in [-0.05, 0) is 16.7 Å². The Morgan fingerprint density at radius 3 is 0.972 bits per heavy atom. The van der Waals surface area contributed by atoms with Gasteiger partial charge in [-0.3, -0.25) is 14.4 Å². The molecule has 4 rings (SSSR count). The van der Waals surface area contributed by atoms with Crippen molar-refractivity contribution in [2.24, 2.45) is 0 Å². The quantitative estimate of drug-likeness (QED) is 0.324. The van der Waals surface area contributed by atoms with Crippen molar-refractivity contribution in [2.45, 2.75) is 56.8 Å². The van der Waals surface area contributed by atoms with Gasteiger partial charge in [-0.15, -0.1) is 0 Å². The first-order chi connectivity index (χ1) is 17.5. The van der Waals surface area contributed by atoms with Crippen molar-refractivity contribution in [3.05, 3.63) is 108 Å². The predicted octanol–water partition coefficient (Wildman–Crippen LogP) is 4.63. The first kappa shape index (κ1) is 25.2. The minimum Gasteiger partial charge on any atom is -0.462 e. The molecule has 1 fully saturated rings. The summed E-state index contributed by atoms with van der Waals surface area (Å²) in [6.07, 6.45) is 0.00338. The summed E-state index contributed by atoms with van der Waals surface area (Å²) in [5.41, 5.74) is 2.57. The predicted molar refractivity (Wildman–Crippen MR) is 134 cm³/mol. The van der Waals surface area contributed by atoms with Gasteiger partial charge in [-0.1, -0.05) is 91.0 Å². The van der Waals surface area contributed by atoms with Crippen LogP contribution in [-0.4, -0.2) is 36.2 Å². The molecule has 6 heteroatoms. The molecule has 36 heavy (non-hydrogen) atoms. The lowest BCUT2D eigenvalue weighted by molar-refractivity contribution is -0.168. The van der Waals surface area contributed by atoms with Crippen LogP contribution in [0.2, 0.25) is 0 Å². The Hall–Kier alpha value is -3.93. The molecule has 0 saturated heterocycles. The third-order valence-corrected chi connectivity index (χ3v) is 6.05. The number of hydrogen-bond acceptors (Lipinski definition) is 6. The van der Waals surface area contributed by atoms with E-state index in [1.165, 1.54) is 0 Å². The molecule has 186 valence electrons. The molecule has 0 amide bonds. The maximum Gasteiger partial charge on any atom is 0.310 e. The van der Waals surface area contributed by atoms with Crippen LogP contribution in [0.25, 0.3) is 0 Å². The zero-order valence-corrected chi connectivity index (χ0v) is 20.1. The van der Waals surface area contributed by atoms with E-state index in [2.05, 4.69) is 0 Å². The fraction of sp³-hybridized carbons (Fsp3) is 0.300. The van der Waals surface area contributed by atoms with Gasteiger partial charge in [0.1, 0.15) is 18.3 Å². The normalized spacial score (nSPS) is 19.2. The van der Waals surface area contributed by atoms with Crippen molar-refractivity contribution in [1.29, 1.82) is 0 Å². The lowest BCUT2D eigenvalue weighted by Crippen LogP contribution is -2.40. The summed E-state index contributed by atoms with van der Waals surface area (Å²) in [4.78, 5) is 37.7. The molecule has 0 bridgehead atoms. The van der Waals surface area contributed by atoms with Crippen LogP contribution in [0.1, 0.15) is 36.0 Å². The second-order valence-corrected chi connectivity index (χ2v) is 9.03. The van der Waals surface area contributed by atoms with Gasteiger partial charge >= 0.3 is 17.9 Å². The second kappa shape index (κ2) is 12.7. The van der Waals surface area contributed by atoms with Crippen molar-refractivity contribution in [2.75, 3.05) is 0 Å². The summed E-state index contributed by atoms with van der Waals surface area (Å²) in [7, 11) is 0. The molecule has 1 saturated carbocycles. The van der Waals surface area contributed by atoms with Crippen molar-refractivity contribution in [3.8, 4) is 0 Å². The Labute approximate surface area is 211 Å². The zero-order chi connectivity index (χ0) is 25.2. The summed E-state index contributed by atoms with van der Waals surface area (Å²) in [5.74, 6) is -1.09. The number of ether oxygens (including phenoxy) is 3. The molecule has 3 aromatic carbocycles. The molecule has 0 spiro atoms. The number of rotatable bonds is 9. The van der Waals surface area contributed by atoms with E-state index in [9.17, 15) is 14.4 Å². The van der Waals surface area contributed by atoms with Crippen LogP contribution in [0.15, 0.2) is 91.0 Å². The highest BCUT2D eigenvalue weighted by molar-refractivity contribution is 5.74. The second-order valence-electron chi connectivity index (χ2n) is 9.03. The lowest BCUT2D eigenvalue weighted by Gasteiger charge is -2.34. The van der Waals surface area contributed by atoms with Crippen LogP contribution < -0.4 is 0 Å². The standard InChI is InChI=1S/C30H30O6/c31-28(16-22-10-4-1-5-11-22)34-25-19-26(35-29(32)17-23-12-6-2-7-13-23)21-27(20-25)36-30(33)18-24-14-8-3-9-15-24/h1-15,25-27H,16-21H2. The Balaban J connectivity index is 1.38. The van der Waals surface area contributed by atoms with Gasteiger partial charge in [-0.2, -0.15) is 0 Å². The van der Waals surface area contributed by atoms with Gasteiger partial charge < -0.3 is 14.2 Å². The van der Waals surface area contributed by atoms with E-state index in [0.717, 1.165) is 16.7 Å². The lowest BCUT2D eigenvalue weighted by atomic mass is 9.92. The first-order valence-corrected chi connectivity index (χ1v) is 12.2. The van der Waals surface area contributed by atoms with Crippen LogP contribution in [-0.2, 0) is 47.9 Å². The van der Waals surface area contributed by atoms with E-state index >= 15 is 0 Å². The highest BCUT2D eigenvalue weighted by Crippen LogP contribution is 2.27. The fourth-order valence-electron chi connectivity index (χ4n) is 4.43. The molecule has 0 heterocycles. The monoisotopic (exact) mass is 486 g/mol. The van der Waals surface area contributed by atoms with Gasteiger partial charge in [0, 0.05) is 19.3 Å². The summed E-state index contributed by atoms with van der Waals surface area (Å²) in [6, 6.07) is 28.1. The van der Waals surface area contributed by atoms with E-state index in [-0.39, 0.29) is 37.2 Å². The summed E-state index contributed by atoms with van der Waals surface area (Å²) in [5, 5.41) is 0. The third-order valence-electron chi connectivity index (χ3n) is 6.05. The highest BCUT2D eigenvalue weighted by atomic mass is 16.6. The average molecular weight is 487 g/mol. The number of benzene rings is 3. The number of esters is 3. The average Bonchev–Trinajstić information content (AvgIpc) is 2.85. The van der Waals surface area contributed by atoms with Crippen LogP contribution in [0.3, 0.4) is 0 Å². The topological polar surface area (TPSA) is 78.9 Å². The molecule has 0 aromatic heterocycles. The number of hydrogen-bond donors (Lipinski definition) is 0. The van der Waals surface area contributed by atoms with E-state index in [1.807, 2.05) is 91.0 Å². The molecule has 0 atom stereocenters. The smallest absolute Gasteiger partial charge is 0.310 e. The highest BCUT2D eigenvalue weighted by Gasteiger charge is 2.35. The minimum atomic E-state index is -0.515. The minimum absolute atomic E-state index is 0.147. The molecule has 1 aliphatic carbocycles. The zero-order valence-electron chi connectivity index (χ0n) is 20.1. The van der Waals surface area contributed by atoms with E-state index < -0.39 is 18.3 Å². The van der Waals surface area contributed by atoms with Crippen LogP contribution >= 0.6 is 0 Å². The summed E-state index contributed by atoms with van der Waals surface area (Å²) in [6.45, 7) is 0. The van der Waals surface area contributed by atoms with Gasteiger partial charge in [0.15, 0.2) is 0 Å². The van der Waals surface area contributed by atoms with Crippen molar-refractivity contribution in [3.63, 3.8) is 0 Å². The van der Waals surface area contributed by atoms with Gasteiger partial charge in [0.05, 0.1) is 19.3 Å². The largest absolute Gasteiger partial charge is 0.462 e. The number of carbonyl (C=O) groups excluding carboxylic acids is 3. The van der Waals surface area contributed by atoms with E-state index in [1.54, 1.807) is 0 Å². The Morgan fingerprint density at radius 1 is 0.472 bits per heavy atom. The fourth-order valence-corrected chi connectivity index (χ4v) is 4.43. The van der Waals surface area contributed by atoms with Crippen molar-refractivity contribution in [1.82, 2.24) is 0 Å². The Morgan fingerprint density at radius 2 is 0.722 bits per heavy atom. The molecule has 0 N–H and O–H groups in total. The molecular formula is C30H30O6. The van der Waals surface area contributed by atoms with Crippen LogP contribution in [0, 0.1) is 0 Å². The SMILES string of the molecule is O=C(Cc1ccccc1)OC1CC(OC(=O)Cc2ccccc2)CC(OC(=O)Cc2ccccc2)C1. The van der Waals surface area contributed by atoms with Crippen molar-refractivity contribution >= 4 is 17.9 Å². The molecule has 6 nitrogen and oxygen atoms in total.